The maximum atomic E-state index is 5.75. The average Bonchev–Trinajstić information content (AvgIpc) is 2.73. The van der Waals surface area contributed by atoms with Gasteiger partial charge in [0.2, 0.25) is 5.88 Å². The molecular weight excluding hydrogens is 314 g/mol. The van der Waals surface area contributed by atoms with Gasteiger partial charge in [0.15, 0.2) is 0 Å². The molecule has 0 saturated heterocycles. The van der Waals surface area contributed by atoms with E-state index in [0.717, 1.165) is 20.3 Å². The number of pyridine rings is 1. The normalized spacial score (nSPS) is 10.8. The molecule has 18 heavy (non-hydrogen) atoms. The first-order valence-electron chi connectivity index (χ1n) is 5.21. The Labute approximate surface area is 116 Å². The maximum Gasteiger partial charge on any atom is 0.240 e. The zero-order valence-corrected chi connectivity index (χ0v) is 11.8. The minimum Gasteiger partial charge on any atom is -0.436 e. The van der Waals surface area contributed by atoms with Crippen molar-refractivity contribution in [1.29, 1.82) is 0 Å². The Bertz CT molecular complexity index is 713. The minimum absolute atomic E-state index is 0.568. The molecule has 0 unspecified atom stereocenters. The Hall–Kier alpha value is -1.53. The van der Waals surface area contributed by atoms with Crippen molar-refractivity contribution in [3.8, 4) is 11.6 Å². The van der Waals surface area contributed by atoms with Crippen LogP contribution in [0.1, 0.15) is 5.56 Å². The van der Waals surface area contributed by atoms with Crippen molar-refractivity contribution in [1.82, 2.24) is 15.0 Å². The Morgan fingerprint density at radius 1 is 1.28 bits per heavy atom. The van der Waals surface area contributed by atoms with Crippen LogP contribution in [0.15, 0.2) is 34.6 Å². The van der Waals surface area contributed by atoms with Crippen molar-refractivity contribution in [2.75, 3.05) is 0 Å². The summed E-state index contributed by atoms with van der Waals surface area (Å²) in [6.45, 7) is 2.02. The van der Waals surface area contributed by atoms with Crippen LogP contribution in [-0.4, -0.2) is 15.0 Å². The number of hydrogen-bond acceptors (Lipinski definition) is 5. The van der Waals surface area contributed by atoms with Gasteiger partial charge in [-0.3, -0.25) is 4.98 Å². The van der Waals surface area contributed by atoms with Crippen molar-refractivity contribution in [3.63, 3.8) is 0 Å². The van der Waals surface area contributed by atoms with E-state index in [1.165, 1.54) is 6.33 Å². The standard InChI is InChI=1S/C12H8BrN3OS/c1-7-5-18-11-10(7)15-6-16-12(11)17-9-2-8(13)3-14-4-9/h2-6H,1H3. The van der Waals surface area contributed by atoms with Crippen molar-refractivity contribution in [2.24, 2.45) is 0 Å². The lowest BCUT2D eigenvalue weighted by Gasteiger charge is -2.04. The summed E-state index contributed by atoms with van der Waals surface area (Å²) in [5.74, 6) is 1.22. The summed E-state index contributed by atoms with van der Waals surface area (Å²) in [4.78, 5) is 12.5. The number of aryl methyl sites for hydroxylation is 1. The van der Waals surface area contributed by atoms with Gasteiger partial charge in [-0.15, -0.1) is 11.3 Å². The SMILES string of the molecule is Cc1csc2c(Oc3cncc(Br)c3)ncnc12. The molecule has 0 aromatic carbocycles. The molecule has 3 aromatic heterocycles. The number of ether oxygens (including phenoxy) is 1. The summed E-state index contributed by atoms with van der Waals surface area (Å²) in [6, 6.07) is 1.85. The number of thiophene rings is 1. The topological polar surface area (TPSA) is 47.9 Å². The highest BCUT2D eigenvalue weighted by molar-refractivity contribution is 9.10. The van der Waals surface area contributed by atoms with E-state index in [1.54, 1.807) is 23.7 Å². The highest BCUT2D eigenvalue weighted by Crippen LogP contribution is 2.32. The largest absolute Gasteiger partial charge is 0.436 e. The van der Waals surface area contributed by atoms with Gasteiger partial charge in [0.05, 0.1) is 11.7 Å². The predicted octanol–water partition coefficient (Wildman–Crippen LogP) is 3.95. The molecule has 0 aliphatic carbocycles. The van der Waals surface area contributed by atoms with Crippen LogP contribution in [0.5, 0.6) is 11.6 Å². The fraction of sp³-hybridized carbons (Fsp3) is 0.0833. The fourth-order valence-electron chi connectivity index (χ4n) is 1.58. The number of halogens is 1. The van der Waals surface area contributed by atoms with Crippen LogP contribution in [0.2, 0.25) is 0 Å². The van der Waals surface area contributed by atoms with Crippen LogP contribution < -0.4 is 4.74 Å². The van der Waals surface area contributed by atoms with E-state index in [4.69, 9.17) is 4.74 Å². The molecule has 3 aromatic rings. The molecule has 0 aliphatic heterocycles. The third-order valence-electron chi connectivity index (χ3n) is 2.39. The molecular formula is C12H8BrN3OS. The Morgan fingerprint density at radius 2 is 2.17 bits per heavy atom. The van der Waals surface area contributed by atoms with Gasteiger partial charge in [-0.2, -0.15) is 0 Å². The number of fused-ring (bicyclic) bond motifs is 1. The second kappa shape index (κ2) is 4.62. The van der Waals surface area contributed by atoms with Crippen LogP contribution >= 0.6 is 27.3 Å². The summed E-state index contributed by atoms with van der Waals surface area (Å²) in [5.41, 5.74) is 2.07. The van der Waals surface area contributed by atoms with E-state index in [-0.39, 0.29) is 0 Å². The Balaban J connectivity index is 2.05. The molecule has 3 rings (SSSR count). The van der Waals surface area contributed by atoms with Crippen LogP contribution in [-0.2, 0) is 0 Å². The van der Waals surface area contributed by atoms with Crippen LogP contribution in [0.4, 0.5) is 0 Å². The number of rotatable bonds is 2. The molecule has 90 valence electrons. The molecule has 0 saturated carbocycles. The van der Waals surface area contributed by atoms with Crippen molar-refractivity contribution < 1.29 is 4.74 Å². The van der Waals surface area contributed by atoms with Gasteiger partial charge in [-0.05, 0) is 39.9 Å². The van der Waals surface area contributed by atoms with Crippen LogP contribution in [0.25, 0.3) is 10.2 Å². The van der Waals surface area contributed by atoms with E-state index in [1.807, 2.05) is 18.4 Å². The van der Waals surface area contributed by atoms with Gasteiger partial charge in [0.1, 0.15) is 16.8 Å². The van der Waals surface area contributed by atoms with E-state index >= 15 is 0 Å². The summed E-state index contributed by atoms with van der Waals surface area (Å²) < 4.78 is 7.57. The van der Waals surface area contributed by atoms with Gasteiger partial charge in [0.25, 0.3) is 0 Å². The predicted molar refractivity (Wildman–Crippen MR) is 74.2 cm³/mol. The molecule has 0 bridgehead atoms. The molecule has 3 heterocycles. The third-order valence-corrected chi connectivity index (χ3v) is 3.90. The van der Waals surface area contributed by atoms with Gasteiger partial charge < -0.3 is 4.74 Å². The van der Waals surface area contributed by atoms with Crippen molar-refractivity contribution in [3.05, 3.63) is 40.2 Å². The number of hydrogen-bond donors (Lipinski definition) is 0. The second-order valence-electron chi connectivity index (χ2n) is 3.72. The summed E-state index contributed by atoms with van der Waals surface area (Å²) in [6.07, 6.45) is 4.87. The molecule has 0 spiro atoms. The first-order valence-corrected chi connectivity index (χ1v) is 6.88. The fourth-order valence-corrected chi connectivity index (χ4v) is 2.85. The lowest BCUT2D eigenvalue weighted by atomic mass is 10.3. The average molecular weight is 322 g/mol. The van der Waals surface area contributed by atoms with Gasteiger partial charge in [0, 0.05) is 10.7 Å². The minimum atomic E-state index is 0.568. The highest BCUT2D eigenvalue weighted by atomic mass is 79.9. The van der Waals surface area contributed by atoms with E-state index in [2.05, 4.69) is 30.9 Å². The van der Waals surface area contributed by atoms with Crippen LogP contribution in [0.3, 0.4) is 0 Å². The zero-order valence-electron chi connectivity index (χ0n) is 9.42. The summed E-state index contributed by atoms with van der Waals surface area (Å²) in [7, 11) is 0. The quantitative estimate of drug-likeness (QED) is 0.717. The summed E-state index contributed by atoms with van der Waals surface area (Å²) in [5, 5.41) is 2.05. The van der Waals surface area contributed by atoms with E-state index in [9.17, 15) is 0 Å². The number of nitrogens with zero attached hydrogens (tertiary/aromatic N) is 3. The smallest absolute Gasteiger partial charge is 0.240 e. The van der Waals surface area contributed by atoms with Crippen molar-refractivity contribution in [2.45, 2.75) is 6.92 Å². The Morgan fingerprint density at radius 3 is 3.00 bits per heavy atom. The molecule has 0 atom stereocenters. The molecule has 0 aliphatic rings. The van der Waals surface area contributed by atoms with E-state index < -0.39 is 0 Å². The van der Waals surface area contributed by atoms with E-state index in [0.29, 0.717) is 11.6 Å². The molecule has 0 amide bonds. The second-order valence-corrected chi connectivity index (χ2v) is 5.51. The zero-order chi connectivity index (χ0) is 12.5. The van der Waals surface area contributed by atoms with Gasteiger partial charge in [-0.25, -0.2) is 9.97 Å². The molecule has 0 fully saturated rings. The van der Waals surface area contributed by atoms with Crippen molar-refractivity contribution >= 4 is 37.5 Å². The monoisotopic (exact) mass is 321 g/mol. The lowest BCUT2D eigenvalue weighted by Crippen LogP contribution is -1.90. The maximum absolute atomic E-state index is 5.75. The first kappa shape index (κ1) is 11.6. The molecule has 6 heteroatoms. The van der Waals surface area contributed by atoms with Crippen LogP contribution in [0, 0.1) is 6.92 Å². The molecule has 0 radical (unpaired) electrons. The summed E-state index contributed by atoms with van der Waals surface area (Å²) >= 11 is 4.94. The van der Waals surface area contributed by atoms with Gasteiger partial charge >= 0.3 is 0 Å². The molecule has 4 nitrogen and oxygen atoms in total. The number of aromatic nitrogens is 3. The molecule has 0 N–H and O–H groups in total. The highest BCUT2D eigenvalue weighted by Gasteiger charge is 2.10. The third kappa shape index (κ3) is 2.09. The first-order chi connectivity index (χ1) is 8.74. The lowest BCUT2D eigenvalue weighted by molar-refractivity contribution is 0.466. The van der Waals surface area contributed by atoms with Gasteiger partial charge in [-0.1, -0.05) is 0 Å². The Kier molecular flexibility index (Phi) is 2.97.